The first kappa shape index (κ1) is 19.0. The molecule has 0 saturated carbocycles. The van der Waals surface area contributed by atoms with Gasteiger partial charge in [-0.2, -0.15) is 0 Å². The van der Waals surface area contributed by atoms with Crippen LogP contribution in [0.25, 0.3) is 10.9 Å². The lowest BCUT2D eigenvalue weighted by Gasteiger charge is -2.30. The highest BCUT2D eigenvalue weighted by molar-refractivity contribution is 5.98. The summed E-state index contributed by atoms with van der Waals surface area (Å²) in [6.07, 6.45) is 4.23. The first-order valence-electron chi connectivity index (χ1n) is 9.78. The number of pyridine rings is 1. The molecule has 3 rings (SSSR count). The SMILES string of the molecule is C=C(CCCC)N(c1ccc(CC)cc1)c1c(C)c(N)nc2ccccc12. The number of aryl methyl sites for hydroxylation is 1. The van der Waals surface area contributed by atoms with Gasteiger partial charge in [-0.1, -0.05) is 57.2 Å². The summed E-state index contributed by atoms with van der Waals surface area (Å²) in [6, 6.07) is 16.9. The van der Waals surface area contributed by atoms with E-state index in [4.69, 9.17) is 5.73 Å². The number of unbranched alkanes of at least 4 members (excludes halogenated alkanes) is 1. The van der Waals surface area contributed by atoms with Gasteiger partial charge in [-0.3, -0.25) is 0 Å². The van der Waals surface area contributed by atoms with Crippen molar-refractivity contribution in [3.8, 4) is 0 Å². The summed E-state index contributed by atoms with van der Waals surface area (Å²) in [7, 11) is 0. The predicted octanol–water partition coefficient (Wildman–Crippen LogP) is 6.53. The van der Waals surface area contributed by atoms with Gasteiger partial charge in [-0.15, -0.1) is 0 Å². The fraction of sp³-hybridized carbons (Fsp3) is 0.292. The largest absolute Gasteiger partial charge is 0.383 e. The molecule has 1 heterocycles. The summed E-state index contributed by atoms with van der Waals surface area (Å²) in [4.78, 5) is 6.85. The number of nitrogen functional groups attached to an aromatic ring is 1. The van der Waals surface area contributed by atoms with Gasteiger partial charge in [-0.25, -0.2) is 4.98 Å². The highest BCUT2D eigenvalue weighted by Crippen LogP contribution is 2.40. The van der Waals surface area contributed by atoms with Crippen molar-refractivity contribution < 1.29 is 0 Å². The minimum atomic E-state index is 0.571. The van der Waals surface area contributed by atoms with Crippen LogP contribution in [-0.2, 0) is 6.42 Å². The van der Waals surface area contributed by atoms with Gasteiger partial charge in [0.25, 0.3) is 0 Å². The predicted molar refractivity (Wildman–Crippen MR) is 118 cm³/mol. The molecule has 0 aliphatic heterocycles. The van der Waals surface area contributed by atoms with E-state index in [0.717, 1.165) is 59.2 Å². The summed E-state index contributed by atoms with van der Waals surface area (Å²) in [6.45, 7) is 10.9. The molecule has 0 unspecified atom stereocenters. The van der Waals surface area contributed by atoms with Crippen LogP contribution in [0.2, 0.25) is 0 Å². The molecule has 0 radical (unpaired) electrons. The average molecular weight is 360 g/mol. The van der Waals surface area contributed by atoms with Gasteiger partial charge >= 0.3 is 0 Å². The van der Waals surface area contributed by atoms with E-state index in [9.17, 15) is 0 Å². The van der Waals surface area contributed by atoms with Gasteiger partial charge in [0, 0.05) is 22.3 Å². The number of nitrogens with two attached hydrogens (primary N) is 1. The molecule has 2 aromatic carbocycles. The summed E-state index contributed by atoms with van der Waals surface area (Å²) in [5.41, 5.74) is 12.8. The molecule has 0 amide bonds. The van der Waals surface area contributed by atoms with E-state index in [0.29, 0.717) is 5.82 Å². The number of allylic oxidation sites excluding steroid dienone is 1. The molecule has 3 nitrogen and oxygen atoms in total. The van der Waals surface area contributed by atoms with Gasteiger partial charge in [-0.05, 0) is 49.9 Å². The zero-order chi connectivity index (χ0) is 19.4. The van der Waals surface area contributed by atoms with Gasteiger partial charge in [0.15, 0.2) is 0 Å². The number of aromatic nitrogens is 1. The van der Waals surface area contributed by atoms with Crippen molar-refractivity contribution in [2.45, 2.75) is 46.5 Å². The Morgan fingerprint density at radius 3 is 2.44 bits per heavy atom. The maximum atomic E-state index is 6.28. The molecule has 0 aliphatic rings. The van der Waals surface area contributed by atoms with Crippen LogP contribution in [0.1, 0.15) is 44.2 Å². The third-order valence-corrected chi connectivity index (χ3v) is 5.10. The van der Waals surface area contributed by atoms with Crippen LogP contribution >= 0.6 is 0 Å². The first-order valence-corrected chi connectivity index (χ1v) is 9.78. The summed E-state index contributed by atoms with van der Waals surface area (Å²) in [5.74, 6) is 0.571. The lowest BCUT2D eigenvalue weighted by atomic mass is 10.0. The van der Waals surface area contributed by atoms with Crippen LogP contribution < -0.4 is 10.6 Å². The van der Waals surface area contributed by atoms with Crippen LogP contribution in [0.3, 0.4) is 0 Å². The Bertz CT molecular complexity index is 942. The summed E-state index contributed by atoms with van der Waals surface area (Å²) < 4.78 is 0. The molecule has 1 aromatic heterocycles. The number of rotatable bonds is 7. The van der Waals surface area contributed by atoms with E-state index < -0.39 is 0 Å². The van der Waals surface area contributed by atoms with Crippen molar-refractivity contribution in [3.63, 3.8) is 0 Å². The fourth-order valence-electron chi connectivity index (χ4n) is 3.44. The number of nitrogens with zero attached hydrogens (tertiary/aromatic N) is 2. The molecule has 27 heavy (non-hydrogen) atoms. The third kappa shape index (κ3) is 3.82. The average Bonchev–Trinajstić information content (AvgIpc) is 2.70. The van der Waals surface area contributed by atoms with E-state index in [-0.39, 0.29) is 0 Å². The number of fused-ring (bicyclic) bond motifs is 1. The van der Waals surface area contributed by atoms with Crippen LogP contribution in [0.5, 0.6) is 0 Å². The zero-order valence-electron chi connectivity index (χ0n) is 16.6. The monoisotopic (exact) mass is 359 g/mol. The standard InChI is InChI=1S/C24H29N3/c1-5-7-10-17(3)27(20-15-13-19(6-2)14-16-20)23-18(4)24(25)26-22-12-9-8-11-21(22)23/h8-9,11-16H,3,5-7,10H2,1-2,4H3,(H2,25,26). The quantitative estimate of drug-likeness (QED) is 0.521. The Labute approximate surface area is 162 Å². The second-order valence-electron chi connectivity index (χ2n) is 7.01. The normalized spacial score (nSPS) is 10.9. The van der Waals surface area contributed by atoms with E-state index in [1.54, 1.807) is 0 Å². The van der Waals surface area contributed by atoms with Crippen LogP contribution in [-0.4, -0.2) is 4.98 Å². The minimum Gasteiger partial charge on any atom is -0.383 e. The van der Waals surface area contributed by atoms with Crippen LogP contribution in [0.15, 0.2) is 60.8 Å². The van der Waals surface area contributed by atoms with Crippen LogP contribution in [0.4, 0.5) is 17.2 Å². The Kier molecular flexibility index (Phi) is 5.80. The maximum absolute atomic E-state index is 6.28. The number of para-hydroxylation sites is 1. The second kappa shape index (κ2) is 8.26. The lowest BCUT2D eigenvalue weighted by molar-refractivity contribution is 0.777. The highest BCUT2D eigenvalue weighted by Gasteiger charge is 2.20. The Hall–Kier alpha value is -2.81. The van der Waals surface area contributed by atoms with E-state index in [1.165, 1.54) is 5.56 Å². The van der Waals surface area contributed by atoms with E-state index >= 15 is 0 Å². The molecule has 0 atom stereocenters. The molecule has 3 heteroatoms. The van der Waals surface area contributed by atoms with E-state index in [1.807, 2.05) is 19.1 Å². The molecular formula is C24H29N3. The minimum absolute atomic E-state index is 0.571. The van der Waals surface area contributed by atoms with Crippen molar-refractivity contribution in [3.05, 3.63) is 71.9 Å². The van der Waals surface area contributed by atoms with Gasteiger partial charge < -0.3 is 10.6 Å². The Morgan fingerprint density at radius 1 is 1.07 bits per heavy atom. The van der Waals surface area contributed by atoms with Crippen LogP contribution in [0, 0.1) is 6.92 Å². The fourth-order valence-corrected chi connectivity index (χ4v) is 3.44. The molecule has 0 spiro atoms. The Morgan fingerprint density at radius 2 is 1.78 bits per heavy atom. The van der Waals surface area contributed by atoms with Crippen molar-refractivity contribution in [2.24, 2.45) is 0 Å². The molecule has 0 saturated heterocycles. The maximum Gasteiger partial charge on any atom is 0.129 e. The summed E-state index contributed by atoms with van der Waals surface area (Å²) in [5, 5.41) is 1.10. The molecular weight excluding hydrogens is 330 g/mol. The van der Waals surface area contributed by atoms with Gasteiger partial charge in [0.2, 0.25) is 0 Å². The zero-order valence-corrected chi connectivity index (χ0v) is 16.6. The topological polar surface area (TPSA) is 42.1 Å². The molecule has 0 fully saturated rings. The second-order valence-corrected chi connectivity index (χ2v) is 7.01. The van der Waals surface area contributed by atoms with E-state index in [2.05, 4.69) is 66.7 Å². The molecule has 0 bridgehead atoms. The van der Waals surface area contributed by atoms with Gasteiger partial charge in [0.1, 0.15) is 5.82 Å². The van der Waals surface area contributed by atoms with Crippen molar-refractivity contribution in [1.29, 1.82) is 0 Å². The lowest BCUT2D eigenvalue weighted by Crippen LogP contribution is -2.18. The summed E-state index contributed by atoms with van der Waals surface area (Å²) >= 11 is 0. The van der Waals surface area contributed by atoms with Crippen molar-refractivity contribution >= 4 is 28.1 Å². The van der Waals surface area contributed by atoms with Crippen molar-refractivity contribution in [1.82, 2.24) is 4.98 Å². The number of anilines is 3. The highest BCUT2D eigenvalue weighted by atomic mass is 15.2. The number of hydrogen-bond acceptors (Lipinski definition) is 3. The number of benzene rings is 2. The third-order valence-electron chi connectivity index (χ3n) is 5.10. The molecule has 0 aliphatic carbocycles. The van der Waals surface area contributed by atoms with Gasteiger partial charge in [0.05, 0.1) is 11.2 Å². The first-order chi connectivity index (χ1) is 13.1. The molecule has 2 N–H and O–H groups in total. The Balaban J connectivity index is 2.22. The van der Waals surface area contributed by atoms with Crippen molar-refractivity contribution in [2.75, 3.05) is 10.6 Å². The molecule has 3 aromatic rings. The number of hydrogen-bond donors (Lipinski definition) is 1. The smallest absolute Gasteiger partial charge is 0.129 e. The molecule has 140 valence electrons.